The maximum absolute atomic E-state index is 13.0. The normalized spacial score (nSPS) is 21.4. The molecular weight excluding hydrogens is 472 g/mol. The number of piperazine rings is 1. The lowest BCUT2D eigenvalue weighted by Crippen LogP contribution is -2.53. The summed E-state index contributed by atoms with van der Waals surface area (Å²) >= 11 is 0. The Kier molecular flexibility index (Phi) is 6.15. The van der Waals surface area contributed by atoms with Gasteiger partial charge in [0.05, 0.1) is 5.56 Å². The van der Waals surface area contributed by atoms with Gasteiger partial charge in [-0.1, -0.05) is 12.8 Å². The number of hydrogen-bond donors (Lipinski definition) is 2. The molecule has 0 spiro atoms. The van der Waals surface area contributed by atoms with Crippen LogP contribution in [0.25, 0.3) is 11.0 Å². The average Bonchev–Trinajstić information content (AvgIpc) is 3.62. The van der Waals surface area contributed by atoms with Crippen LogP contribution in [0.5, 0.6) is 5.88 Å². The summed E-state index contributed by atoms with van der Waals surface area (Å²) in [5, 5.41) is 7.51. The van der Waals surface area contributed by atoms with Crippen molar-refractivity contribution in [1.29, 1.82) is 0 Å². The monoisotopic (exact) mass is 504 g/mol. The van der Waals surface area contributed by atoms with Gasteiger partial charge in [-0.25, -0.2) is 14.8 Å². The summed E-state index contributed by atoms with van der Waals surface area (Å²) in [5.41, 5.74) is 1.29. The van der Waals surface area contributed by atoms with Crippen LogP contribution in [0, 0.1) is 0 Å². The number of ether oxygens (including phenoxy) is 1. The molecule has 0 aromatic carbocycles. The first-order chi connectivity index (χ1) is 17.9. The Balaban J connectivity index is 1.22. The third-order valence-corrected chi connectivity index (χ3v) is 7.54. The molecule has 2 unspecified atom stereocenters. The fourth-order valence-electron chi connectivity index (χ4n) is 5.67. The van der Waals surface area contributed by atoms with Crippen molar-refractivity contribution in [2.24, 2.45) is 0 Å². The van der Waals surface area contributed by atoms with Crippen LogP contribution in [-0.2, 0) is 0 Å². The summed E-state index contributed by atoms with van der Waals surface area (Å²) < 4.78 is 7.70. The number of nitrogens with one attached hydrogen (secondary N) is 2. The van der Waals surface area contributed by atoms with Gasteiger partial charge in [-0.3, -0.25) is 9.36 Å². The smallest absolute Gasteiger partial charge is 0.393 e. The summed E-state index contributed by atoms with van der Waals surface area (Å²) in [6, 6.07) is 6.41. The van der Waals surface area contributed by atoms with E-state index in [4.69, 9.17) is 9.72 Å². The Labute approximate surface area is 215 Å². The highest BCUT2D eigenvalue weighted by molar-refractivity contribution is 5.94. The summed E-state index contributed by atoms with van der Waals surface area (Å²) in [6.07, 6.45) is 9.43. The number of hydrogen-bond acceptors (Lipinski definition) is 8. The van der Waals surface area contributed by atoms with E-state index < -0.39 is 6.09 Å². The molecule has 2 N–H and O–H groups in total. The fraction of sp³-hybridized carbons (Fsp3) is 0.500. The van der Waals surface area contributed by atoms with E-state index >= 15 is 0 Å². The summed E-state index contributed by atoms with van der Waals surface area (Å²) in [6.45, 7) is 1.49. The van der Waals surface area contributed by atoms with Gasteiger partial charge >= 0.3 is 6.09 Å². The topological polar surface area (TPSA) is 118 Å². The molecule has 11 nitrogen and oxygen atoms in total. The lowest BCUT2D eigenvalue weighted by molar-refractivity contribution is 0.0697. The van der Waals surface area contributed by atoms with Crippen LogP contribution in [-0.4, -0.2) is 80.6 Å². The standard InChI is InChI=1S/C26H32N8O3/c1-32(2)26(36)37-22-11-17-13-28-25(31-23(17)34(22)20-5-3-4-6-20)30-21-10-7-16(12-27-21)24(35)33-14-18-8-9-19(15-33)29-18/h7,10-13,18-20,29H,3-6,8-9,14-15H2,1-2H3,(H,27,28,30,31). The first-order valence-electron chi connectivity index (χ1n) is 13.0. The van der Waals surface area contributed by atoms with E-state index in [2.05, 4.69) is 20.6 Å². The molecule has 2 amide bonds. The van der Waals surface area contributed by atoms with E-state index in [-0.39, 0.29) is 11.9 Å². The number of amides is 2. The number of nitrogens with zero attached hydrogens (tertiary/aromatic N) is 6. The Morgan fingerprint density at radius 1 is 1.05 bits per heavy atom. The number of rotatable bonds is 5. The van der Waals surface area contributed by atoms with Crippen molar-refractivity contribution >= 4 is 34.8 Å². The van der Waals surface area contributed by atoms with Crippen LogP contribution in [0.1, 0.15) is 54.9 Å². The largest absolute Gasteiger partial charge is 0.415 e. The van der Waals surface area contributed by atoms with Gasteiger partial charge in [0.25, 0.3) is 5.91 Å². The van der Waals surface area contributed by atoms with Crippen LogP contribution in [0.3, 0.4) is 0 Å². The first kappa shape index (κ1) is 23.7. The quantitative estimate of drug-likeness (QED) is 0.543. The molecule has 11 heteroatoms. The summed E-state index contributed by atoms with van der Waals surface area (Å²) in [7, 11) is 3.32. The number of pyridine rings is 1. The van der Waals surface area contributed by atoms with Gasteiger partial charge in [-0.05, 0) is 37.8 Å². The molecule has 3 aromatic heterocycles. The molecule has 2 atom stereocenters. The lowest BCUT2D eigenvalue weighted by Gasteiger charge is -2.32. The first-order valence-corrected chi connectivity index (χ1v) is 13.0. The lowest BCUT2D eigenvalue weighted by atomic mass is 10.2. The highest BCUT2D eigenvalue weighted by atomic mass is 16.6. The fourth-order valence-corrected chi connectivity index (χ4v) is 5.67. The second-order valence-corrected chi connectivity index (χ2v) is 10.4. The van der Waals surface area contributed by atoms with Gasteiger partial charge in [-0.15, -0.1) is 0 Å². The van der Waals surface area contributed by atoms with Crippen molar-refractivity contribution in [3.8, 4) is 5.88 Å². The third kappa shape index (κ3) is 4.71. The van der Waals surface area contributed by atoms with E-state index in [1.165, 1.54) is 4.90 Å². The highest BCUT2D eigenvalue weighted by Crippen LogP contribution is 2.37. The van der Waals surface area contributed by atoms with Crippen molar-refractivity contribution in [3.05, 3.63) is 36.2 Å². The number of carbonyl (C=O) groups is 2. The van der Waals surface area contributed by atoms with Crippen molar-refractivity contribution in [2.45, 2.75) is 56.7 Å². The Bertz CT molecular complexity index is 1300. The van der Waals surface area contributed by atoms with Crippen LogP contribution in [0.2, 0.25) is 0 Å². The van der Waals surface area contributed by atoms with E-state index in [0.29, 0.717) is 40.9 Å². The number of aromatic nitrogens is 4. The van der Waals surface area contributed by atoms with E-state index in [1.54, 1.807) is 38.6 Å². The Hall–Kier alpha value is -3.73. The zero-order chi connectivity index (χ0) is 25.5. The number of likely N-dealkylation sites (tertiary alicyclic amines) is 1. The highest BCUT2D eigenvalue weighted by Gasteiger charge is 2.34. The summed E-state index contributed by atoms with van der Waals surface area (Å²) in [4.78, 5) is 42.3. The second-order valence-electron chi connectivity index (χ2n) is 10.4. The summed E-state index contributed by atoms with van der Waals surface area (Å²) in [5.74, 6) is 1.44. The number of fused-ring (bicyclic) bond motifs is 3. The van der Waals surface area contributed by atoms with Gasteiger partial charge in [0.1, 0.15) is 11.5 Å². The molecule has 2 saturated heterocycles. The maximum atomic E-state index is 13.0. The molecule has 1 saturated carbocycles. The van der Waals surface area contributed by atoms with Crippen molar-refractivity contribution in [2.75, 3.05) is 32.5 Å². The molecule has 2 bridgehead atoms. The zero-order valence-electron chi connectivity index (χ0n) is 21.2. The van der Waals surface area contributed by atoms with E-state index in [1.807, 2.05) is 15.5 Å². The van der Waals surface area contributed by atoms with Gasteiger partial charge in [-0.2, -0.15) is 4.98 Å². The van der Waals surface area contributed by atoms with Crippen molar-refractivity contribution in [3.63, 3.8) is 0 Å². The molecule has 3 aromatic rings. The molecule has 6 rings (SSSR count). The molecule has 5 heterocycles. The Morgan fingerprint density at radius 3 is 2.49 bits per heavy atom. The van der Waals surface area contributed by atoms with Crippen LogP contribution >= 0.6 is 0 Å². The molecule has 194 valence electrons. The van der Waals surface area contributed by atoms with E-state index in [0.717, 1.165) is 57.0 Å². The maximum Gasteiger partial charge on any atom is 0.415 e. The number of anilines is 2. The third-order valence-electron chi connectivity index (χ3n) is 7.54. The Morgan fingerprint density at radius 2 is 1.81 bits per heavy atom. The zero-order valence-corrected chi connectivity index (χ0v) is 21.2. The molecule has 1 aliphatic carbocycles. The van der Waals surface area contributed by atoms with Gasteiger partial charge in [0.15, 0.2) is 0 Å². The minimum absolute atomic E-state index is 0.0179. The number of carbonyl (C=O) groups excluding carboxylic acids is 2. The van der Waals surface area contributed by atoms with Gasteiger partial charge < -0.3 is 25.2 Å². The average molecular weight is 505 g/mol. The van der Waals surface area contributed by atoms with Gasteiger partial charge in [0.2, 0.25) is 11.8 Å². The molecule has 0 radical (unpaired) electrons. The van der Waals surface area contributed by atoms with Crippen LogP contribution in [0.15, 0.2) is 30.6 Å². The molecule has 3 fully saturated rings. The molecule has 3 aliphatic rings. The minimum atomic E-state index is -0.430. The predicted octanol–water partition coefficient (Wildman–Crippen LogP) is 3.32. The van der Waals surface area contributed by atoms with Crippen LogP contribution in [0.4, 0.5) is 16.6 Å². The molecule has 37 heavy (non-hydrogen) atoms. The van der Waals surface area contributed by atoms with Crippen molar-refractivity contribution < 1.29 is 14.3 Å². The molecule has 2 aliphatic heterocycles. The van der Waals surface area contributed by atoms with E-state index in [9.17, 15) is 9.59 Å². The predicted molar refractivity (Wildman–Crippen MR) is 138 cm³/mol. The SMILES string of the molecule is CN(C)C(=O)Oc1cc2cnc(Nc3ccc(C(=O)N4CC5CCC(C4)N5)cn3)nc2n1C1CCCC1. The minimum Gasteiger partial charge on any atom is -0.393 e. The van der Waals surface area contributed by atoms with Crippen molar-refractivity contribution in [1.82, 2.24) is 34.6 Å². The van der Waals surface area contributed by atoms with Gasteiger partial charge in [0, 0.05) is 69.2 Å². The second kappa shape index (κ2) is 9.62. The molecular formula is C26H32N8O3. The van der Waals surface area contributed by atoms with Crippen LogP contribution < -0.4 is 15.4 Å².